The molecule has 0 unspecified atom stereocenters. The molecule has 1 heterocycles. The molecule has 2 aromatic carbocycles. The topological polar surface area (TPSA) is 64.0 Å². The van der Waals surface area contributed by atoms with Gasteiger partial charge in [-0.25, -0.2) is 4.79 Å². The van der Waals surface area contributed by atoms with Gasteiger partial charge in [0.05, 0.1) is 5.56 Å². The van der Waals surface area contributed by atoms with E-state index in [0.29, 0.717) is 18.0 Å². The largest absolute Gasteiger partial charge is 0.508 e. The summed E-state index contributed by atoms with van der Waals surface area (Å²) in [6.45, 7) is 18.3. The molecule has 1 aliphatic heterocycles. The van der Waals surface area contributed by atoms with E-state index in [4.69, 9.17) is 5.11 Å². The number of nitrogens with zero attached hydrogens (tertiary/aromatic N) is 2. The molecule has 0 spiro atoms. The second-order valence-electron chi connectivity index (χ2n) is 12.1. The lowest BCUT2D eigenvalue weighted by molar-refractivity contribution is 0.0697. The van der Waals surface area contributed by atoms with Crippen LogP contribution in [0.15, 0.2) is 42.5 Å². The molecule has 0 amide bonds. The highest BCUT2D eigenvalue weighted by atomic mass is 16.4. The van der Waals surface area contributed by atoms with Crippen molar-refractivity contribution in [3.8, 4) is 0 Å². The van der Waals surface area contributed by atoms with Crippen molar-refractivity contribution in [2.75, 3.05) is 31.1 Å². The van der Waals surface area contributed by atoms with Crippen molar-refractivity contribution in [1.82, 2.24) is 4.90 Å². The number of aromatic carboxylic acids is 1. The Morgan fingerprint density at radius 2 is 1.50 bits per heavy atom. The van der Waals surface area contributed by atoms with Gasteiger partial charge in [0.2, 0.25) is 0 Å². The third kappa shape index (κ3) is 5.31. The van der Waals surface area contributed by atoms with Crippen LogP contribution in [0, 0.1) is 0 Å². The van der Waals surface area contributed by atoms with Gasteiger partial charge in [-0.05, 0) is 84.9 Å². The van der Waals surface area contributed by atoms with E-state index in [1.165, 1.54) is 40.9 Å². The first-order chi connectivity index (χ1) is 16.9. The summed E-state index contributed by atoms with van der Waals surface area (Å²) in [5, 5.41) is 19.9. The highest BCUT2D eigenvalue weighted by Crippen LogP contribution is 2.50. The maximum atomic E-state index is 11.1. The maximum absolute atomic E-state index is 11.1. The first-order valence-electron chi connectivity index (χ1n) is 13.3. The summed E-state index contributed by atoms with van der Waals surface area (Å²) >= 11 is 0. The minimum absolute atomic E-state index is 0.105. The number of carbonyl (C=O) groups is 1. The molecular weight excluding hydrogens is 448 g/mol. The zero-order chi connectivity index (χ0) is 26.3. The second-order valence-corrected chi connectivity index (χ2v) is 12.1. The number of hydrogen-bond donors (Lipinski definition) is 2. The normalized spacial score (nSPS) is 19.9. The van der Waals surface area contributed by atoms with Gasteiger partial charge in [-0.3, -0.25) is 4.90 Å². The van der Waals surface area contributed by atoms with E-state index >= 15 is 0 Å². The van der Waals surface area contributed by atoms with Crippen molar-refractivity contribution >= 4 is 17.4 Å². The summed E-state index contributed by atoms with van der Waals surface area (Å²) < 4.78 is 0. The number of hydrogen-bond acceptors (Lipinski definition) is 4. The molecule has 2 N–H and O–H groups in total. The van der Waals surface area contributed by atoms with Gasteiger partial charge in [0.25, 0.3) is 0 Å². The number of allylic oxidation sites excluding steroid dienone is 1. The van der Waals surface area contributed by atoms with E-state index in [-0.39, 0.29) is 22.2 Å². The lowest BCUT2D eigenvalue weighted by atomic mass is 9.62. The molecule has 2 aliphatic rings. The average molecular weight is 491 g/mol. The van der Waals surface area contributed by atoms with Gasteiger partial charge >= 0.3 is 5.97 Å². The summed E-state index contributed by atoms with van der Waals surface area (Å²) in [6.07, 6.45) is 4.81. The van der Waals surface area contributed by atoms with Crippen LogP contribution in [0.3, 0.4) is 0 Å². The van der Waals surface area contributed by atoms with Crippen LogP contribution in [-0.4, -0.2) is 53.3 Å². The lowest BCUT2D eigenvalue weighted by Crippen LogP contribution is -2.50. The van der Waals surface area contributed by atoms with Crippen LogP contribution in [0.5, 0.6) is 0 Å². The number of aliphatic hydroxyl groups excluding tert-OH is 1. The van der Waals surface area contributed by atoms with E-state index in [9.17, 15) is 9.90 Å². The average Bonchev–Trinajstić information content (AvgIpc) is 2.85. The highest BCUT2D eigenvalue weighted by Gasteiger charge is 2.40. The van der Waals surface area contributed by atoms with Crippen LogP contribution >= 0.6 is 0 Å². The van der Waals surface area contributed by atoms with Crippen LogP contribution in [0.2, 0.25) is 0 Å². The highest BCUT2D eigenvalue weighted by molar-refractivity contribution is 5.87. The molecule has 2 aromatic rings. The number of carboxylic acids is 1. The quantitative estimate of drug-likeness (QED) is 0.458. The first-order valence-corrected chi connectivity index (χ1v) is 13.3. The summed E-state index contributed by atoms with van der Waals surface area (Å²) in [4.78, 5) is 16.3. The Bertz CT molecular complexity index is 1140. The maximum Gasteiger partial charge on any atom is 0.335 e. The fraction of sp³-hybridized carbons (Fsp3) is 0.516. The van der Waals surface area contributed by atoms with Gasteiger partial charge < -0.3 is 15.1 Å². The molecule has 0 bridgehead atoms. The fourth-order valence-electron chi connectivity index (χ4n) is 5.78. The molecule has 1 aliphatic carbocycles. The predicted octanol–water partition coefficient (Wildman–Crippen LogP) is 6.41. The summed E-state index contributed by atoms with van der Waals surface area (Å²) in [6, 6.07) is 11.7. The van der Waals surface area contributed by atoms with Crippen LogP contribution in [0.4, 0.5) is 5.69 Å². The number of carboxylic acid groups (broad SMARTS) is 1. The number of anilines is 1. The summed E-state index contributed by atoms with van der Waals surface area (Å²) in [7, 11) is 0. The molecule has 194 valence electrons. The molecule has 4 rings (SSSR count). The van der Waals surface area contributed by atoms with Crippen LogP contribution in [0.25, 0.3) is 5.76 Å². The number of fused-ring (bicyclic) bond motifs is 1. The van der Waals surface area contributed by atoms with Gasteiger partial charge in [0.15, 0.2) is 0 Å². The molecule has 5 nitrogen and oxygen atoms in total. The van der Waals surface area contributed by atoms with Crippen LogP contribution in [-0.2, 0) is 17.3 Å². The Hall–Kier alpha value is -2.79. The van der Waals surface area contributed by atoms with Crippen LogP contribution in [0.1, 0.15) is 87.0 Å². The van der Waals surface area contributed by atoms with E-state index in [1.807, 2.05) is 6.08 Å². The summed E-state index contributed by atoms with van der Waals surface area (Å²) in [5.41, 5.74) is 6.58. The van der Waals surface area contributed by atoms with Crippen molar-refractivity contribution in [1.29, 1.82) is 0 Å². The smallest absolute Gasteiger partial charge is 0.335 e. The molecule has 0 atom stereocenters. The number of aliphatic hydroxyl groups is 1. The molecule has 5 heteroatoms. The third-order valence-electron chi connectivity index (χ3n) is 8.30. The minimum atomic E-state index is -0.966. The molecule has 1 saturated heterocycles. The zero-order valence-corrected chi connectivity index (χ0v) is 22.8. The van der Waals surface area contributed by atoms with Crippen molar-refractivity contribution in [2.45, 2.75) is 77.7 Å². The fourth-order valence-corrected chi connectivity index (χ4v) is 5.78. The summed E-state index contributed by atoms with van der Waals surface area (Å²) in [5.74, 6) is -0.789. The second kappa shape index (κ2) is 9.93. The Kier molecular flexibility index (Phi) is 7.25. The predicted molar refractivity (Wildman–Crippen MR) is 148 cm³/mol. The van der Waals surface area contributed by atoms with Gasteiger partial charge in [-0.1, -0.05) is 45.9 Å². The molecule has 0 radical (unpaired) electrons. The number of benzene rings is 2. The molecule has 0 aromatic heterocycles. The standard InChI is InChI=1S/C31H42N2O3/c1-21(2)32-15-17-33(18-16-32)26-20-22(19-25-28(26)31(5,6)14-13-30(25,3)4)7-12-27(34)23-8-10-24(11-9-23)29(35)36/h8-12,19-21,34H,7,13-18H2,1-6H3,(H,35,36)/b27-12+. The van der Waals surface area contributed by atoms with Gasteiger partial charge in [0.1, 0.15) is 5.76 Å². The lowest BCUT2D eigenvalue weighted by Gasteiger charge is -2.46. The Labute approximate surface area is 216 Å². The van der Waals surface area contributed by atoms with Crippen molar-refractivity contribution in [3.05, 3.63) is 70.3 Å². The molecule has 1 fully saturated rings. The molecule has 36 heavy (non-hydrogen) atoms. The first kappa shape index (κ1) is 26.3. The Balaban J connectivity index is 1.69. The van der Waals surface area contributed by atoms with Gasteiger partial charge in [-0.15, -0.1) is 0 Å². The number of piperazine rings is 1. The van der Waals surface area contributed by atoms with E-state index in [0.717, 1.165) is 32.6 Å². The van der Waals surface area contributed by atoms with E-state index < -0.39 is 5.97 Å². The molecule has 0 saturated carbocycles. The Morgan fingerprint density at radius 1 is 0.917 bits per heavy atom. The van der Waals surface area contributed by atoms with Crippen molar-refractivity contribution < 1.29 is 15.0 Å². The zero-order valence-electron chi connectivity index (χ0n) is 22.8. The van der Waals surface area contributed by atoms with Crippen molar-refractivity contribution in [2.24, 2.45) is 0 Å². The molecular formula is C31H42N2O3. The Morgan fingerprint density at radius 3 is 2.08 bits per heavy atom. The monoisotopic (exact) mass is 490 g/mol. The van der Waals surface area contributed by atoms with Gasteiger partial charge in [-0.2, -0.15) is 0 Å². The number of rotatable bonds is 6. The van der Waals surface area contributed by atoms with E-state index in [1.54, 1.807) is 12.1 Å². The third-order valence-corrected chi connectivity index (χ3v) is 8.30. The van der Waals surface area contributed by atoms with Gasteiger partial charge in [0, 0.05) is 43.5 Å². The van der Waals surface area contributed by atoms with Crippen LogP contribution < -0.4 is 4.90 Å². The van der Waals surface area contributed by atoms with E-state index in [2.05, 4.69) is 63.5 Å². The SMILES string of the molecule is CC(C)N1CCN(c2cc(C/C=C(/O)c3ccc(C(=O)O)cc3)cc3c2C(C)(C)CCC3(C)C)CC1. The van der Waals surface area contributed by atoms with Crippen molar-refractivity contribution in [3.63, 3.8) is 0 Å². The minimum Gasteiger partial charge on any atom is -0.508 e.